The van der Waals surface area contributed by atoms with E-state index in [4.69, 9.17) is 23.2 Å². The van der Waals surface area contributed by atoms with Crippen molar-refractivity contribution in [3.05, 3.63) is 75.8 Å². The van der Waals surface area contributed by atoms with Gasteiger partial charge in [-0.25, -0.2) is 0 Å². The van der Waals surface area contributed by atoms with Crippen molar-refractivity contribution in [2.24, 2.45) is 5.92 Å². The van der Waals surface area contributed by atoms with E-state index in [2.05, 4.69) is 19.2 Å². The molecule has 0 aliphatic carbocycles. The number of rotatable bonds is 6. The van der Waals surface area contributed by atoms with Gasteiger partial charge in [-0.1, -0.05) is 73.4 Å². The van der Waals surface area contributed by atoms with Gasteiger partial charge in [0, 0.05) is 16.1 Å². The van der Waals surface area contributed by atoms with Crippen molar-refractivity contribution in [1.82, 2.24) is 5.32 Å². The maximum absolute atomic E-state index is 12.3. The average Bonchev–Trinajstić information content (AvgIpc) is 2.54. The first-order valence-electron chi connectivity index (χ1n) is 7.94. The second-order valence-electron chi connectivity index (χ2n) is 6.10. The Morgan fingerprint density at radius 3 is 2.46 bits per heavy atom. The molecule has 126 valence electrons. The van der Waals surface area contributed by atoms with Gasteiger partial charge in [-0.3, -0.25) is 4.79 Å². The summed E-state index contributed by atoms with van der Waals surface area (Å²) >= 11 is 12.0. The Morgan fingerprint density at radius 1 is 1.12 bits per heavy atom. The van der Waals surface area contributed by atoms with Crippen LogP contribution in [0.25, 0.3) is 6.08 Å². The molecule has 24 heavy (non-hydrogen) atoms. The lowest BCUT2D eigenvalue weighted by molar-refractivity contribution is -0.117. The minimum absolute atomic E-state index is 0.0101. The zero-order valence-electron chi connectivity index (χ0n) is 13.8. The molecule has 1 amide bonds. The number of carbonyl (C=O) groups is 1. The van der Waals surface area contributed by atoms with Crippen molar-refractivity contribution < 1.29 is 4.79 Å². The Morgan fingerprint density at radius 2 is 1.83 bits per heavy atom. The fourth-order valence-corrected chi connectivity index (χ4v) is 2.93. The number of hydrogen-bond donors (Lipinski definition) is 1. The molecule has 0 heterocycles. The third kappa shape index (κ3) is 5.70. The van der Waals surface area contributed by atoms with Gasteiger partial charge in [0.25, 0.3) is 0 Å². The smallest absolute Gasteiger partial charge is 0.244 e. The Labute approximate surface area is 153 Å². The summed E-state index contributed by atoms with van der Waals surface area (Å²) in [5, 5.41) is 4.16. The van der Waals surface area contributed by atoms with Gasteiger partial charge in [0.15, 0.2) is 0 Å². The maximum atomic E-state index is 12.3. The molecule has 0 radical (unpaired) electrons. The summed E-state index contributed by atoms with van der Waals surface area (Å²) in [6.45, 7) is 4.29. The Bertz CT molecular complexity index is 711. The number of hydrogen-bond acceptors (Lipinski definition) is 1. The van der Waals surface area contributed by atoms with Gasteiger partial charge in [0.05, 0.1) is 6.04 Å². The van der Waals surface area contributed by atoms with Crippen LogP contribution < -0.4 is 5.32 Å². The topological polar surface area (TPSA) is 29.1 Å². The molecule has 2 aromatic carbocycles. The molecule has 0 fully saturated rings. The van der Waals surface area contributed by atoms with Crippen LogP contribution in [-0.4, -0.2) is 5.91 Å². The molecule has 0 saturated heterocycles. The molecule has 0 spiro atoms. The molecule has 0 aromatic heterocycles. The van der Waals surface area contributed by atoms with Gasteiger partial charge in [-0.2, -0.15) is 0 Å². The molecule has 0 aliphatic heterocycles. The highest BCUT2D eigenvalue weighted by molar-refractivity contribution is 6.35. The van der Waals surface area contributed by atoms with Crippen LogP contribution in [0.4, 0.5) is 0 Å². The van der Waals surface area contributed by atoms with Crippen LogP contribution in [-0.2, 0) is 4.79 Å². The molecule has 0 bridgehead atoms. The van der Waals surface area contributed by atoms with Crippen LogP contribution >= 0.6 is 23.2 Å². The fraction of sp³-hybridized carbons (Fsp3) is 0.250. The van der Waals surface area contributed by atoms with Crippen molar-refractivity contribution in [3.8, 4) is 0 Å². The van der Waals surface area contributed by atoms with Crippen molar-refractivity contribution >= 4 is 35.2 Å². The molecule has 1 N–H and O–H groups in total. The quantitative estimate of drug-likeness (QED) is 0.636. The van der Waals surface area contributed by atoms with E-state index in [0.717, 1.165) is 17.5 Å². The van der Waals surface area contributed by atoms with Crippen LogP contribution in [0.15, 0.2) is 54.6 Å². The molecule has 4 heteroatoms. The highest BCUT2D eigenvalue weighted by atomic mass is 35.5. The Kier molecular flexibility index (Phi) is 6.89. The van der Waals surface area contributed by atoms with Crippen LogP contribution in [0, 0.1) is 5.92 Å². The minimum atomic E-state index is -0.143. The third-order valence-corrected chi connectivity index (χ3v) is 4.16. The van der Waals surface area contributed by atoms with Gasteiger partial charge in [-0.05, 0) is 41.7 Å². The van der Waals surface area contributed by atoms with Crippen molar-refractivity contribution in [2.75, 3.05) is 0 Å². The fourth-order valence-electron chi connectivity index (χ4n) is 2.46. The summed E-state index contributed by atoms with van der Waals surface area (Å²) in [6.07, 6.45) is 4.09. The predicted molar refractivity (Wildman–Crippen MR) is 102 cm³/mol. The first-order valence-corrected chi connectivity index (χ1v) is 8.70. The van der Waals surface area contributed by atoms with Gasteiger partial charge in [0.1, 0.15) is 0 Å². The maximum Gasteiger partial charge on any atom is 0.244 e. The lowest BCUT2D eigenvalue weighted by Gasteiger charge is -2.20. The third-order valence-electron chi connectivity index (χ3n) is 3.60. The molecule has 1 atom stereocenters. The molecular formula is C20H21Cl2NO. The van der Waals surface area contributed by atoms with Crippen LogP contribution in [0.3, 0.4) is 0 Å². The number of nitrogens with one attached hydrogen (secondary N) is 1. The van der Waals surface area contributed by atoms with Crippen LogP contribution in [0.2, 0.25) is 10.0 Å². The van der Waals surface area contributed by atoms with E-state index < -0.39 is 0 Å². The SMILES string of the molecule is CC(C)C[C@H](NC(=O)/C=C/c1ccc(Cl)cc1Cl)c1ccccc1. The Hall–Kier alpha value is -1.77. The highest BCUT2D eigenvalue weighted by Gasteiger charge is 2.14. The molecule has 2 nitrogen and oxygen atoms in total. The van der Waals surface area contributed by atoms with Gasteiger partial charge < -0.3 is 5.32 Å². The number of benzene rings is 2. The second kappa shape index (κ2) is 8.91. The lowest BCUT2D eigenvalue weighted by Crippen LogP contribution is -2.27. The minimum Gasteiger partial charge on any atom is -0.346 e. The number of amides is 1. The van der Waals surface area contributed by atoms with E-state index in [1.165, 1.54) is 6.08 Å². The van der Waals surface area contributed by atoms with E-state index in [1.807, 2.05) is 30.3 Å². The first kappa shape index (κ1) is 18.6. The highest BCUT2D eigenvalue weighted by Crippen LogP contribution is 2.23. The molecule has 0 aliphatic rings. The normalized spacial score (nSPS) is 12.5. The van der Waals surface area contributed by atoms with E-state index in [0.29, 0.717) is 16.0 Å². The zero-order chi connectivity index (χ0) is 17.5. The van der Waals surface area contributed by atoms with Gasteiger partial charge >= 0.3 is 0 Å². The van der Waals surface area contributed by atoms with Crippen molar-refractivity contribution in [1.29, 1.82) is 0 Å². The summed E-state index contributed by atoms with van der Waals surface area (Å²) < 4.78 is 0. The van der Waals surface area contributed by atoms with E-state index >= 15 is 0 Å². The largest absolute Gasteiger partial charge is 0.346 e. The zero-order valence-corrected chi connectivity index (χ0v) is 15.3. The first-order chi connectivity index (χ1) is 11.5. The van der Waals surface area contributed by atoms with Crippen LogP contribution in [0.5, 0.6) is 0 Å². The summed E-state index contributed by atoms with van der Waals surface area (Å²) in [5.41, 5.74) is 1.87. The summed E-state index contributed by atoms with van der Waals surface area (Å²) in [4.78, 5) is 12.3. The monoisotopic (exact) mass is 361 g/mol. The molecular weight excluding hydrogens is 341 g/mol. The summed E-state index contributed by atoms with van der Waals surface area (Å²) in [6, 6.07) is 15.2. The van der Waals surface area contributed by atoms with Crippen molar-refractivity contribution in [3.63, 3.8) is 0 Å². The van der Waals surface area contributed by atoms with Crippen molar-refractivity contribution in [2.45, 2.75) is 26.3 Å². The van der Waals surface area contributed by atoms with Gasteiger partial charge in [0.2, 0.25) is 5.91 Å². The summed E-state index contributed by atoms with van der Waals surface area (Å²) in [5.74, 6) is 0.334. The van der Waals surface area contributed by atoms with Gasteiger partial charge in [-0.15, -0.1) is 0 Å². The average molecular weight is 362 g/mol. The molecule has 0 unspecified atom stereocenters. The number of carbonyl (C=O) groups excluding carboxylic acids is 1. The molecule has 2 rings (SSSR count). The standard InChI is InChI=1S/C20H21Cl2NO/c1-14(2)12-19(16-6-4-3-5-7-16)23-20(24)11-9-15-8-10-17(21)13-18(15)22/h3-11,13-14,19H,12H2,1-2H3,(H,23,24)/b11-9+/t19-/m0/s1. The summed E-state index contributed by atoms with van der Waals surface area (Å²) in [7, 11) is 0. The van der Waals surface area contributed by atoms with E-state index in [9.17, 15) is 4.79 Å². The number of halogens is 2. The Balaban J connectivity index is 2.08. The second-order valence-corrected chi connectivity index (χ2v) is 6.94. The lowest BCUT2D eigenvalue weighted by atomic mass is 9.97. The van der Waals surface area contributed by atoms with Crippen LogP contribution in [0.1, 0.15) is 37.4 Å². The molecule has 2 aromatic rings. The van der Waals surface area contributed by atoms with E-state index in [-0.39, 0.29) is 11.9 Å². The predicted octanol–water partition coefficient (Wildman–Crippen LogP) is 5.91. The molecule has 0 saturated carbocycles. The van der Waals surface area contributed by atoms with E-state index in [1.54, 1.807) is 24.3 Å².